The molecule has 0 aliphatic carbocycles. The Labute approximate surface area is 171 Å². The van der Waals surface area contributed by atoms with E-state index in [0.717, 1.165) is 22.3 Å². The molecular weight excluding hydrogens is 378 g/mol. The van der Waals surface area contributed by atoms with Crippen molar-refractivity contribution in [3.63, 3.8) is 0 Å². The van der Waals surface area contributed by atoms with E-state index in [9.17, 15) is 4.79 Å². The van der Waals surface area contributed by atoms with Crippen molar-refractivity contribution in [3.05, 3.63) is 83.4 Å². The standard InChI is InChI=1S/C23H19N5O2/c1-3-12-27-14-24-21-19(23(27)29)20-22(26-18-7-5-4-6-17(18)25-20)28(21)13-15-8-10-16(30-2)11-9-15/h3-11,14H,1,12-13H2,2H3. The molecule has 148 valence electrons. The number of hydrogen-bond acceptors (Lipinski definition) is 5. The van der Waals surface area contributed by atoms with E-state index in [2.05, 4.69) is 11.6 Å². The van der Waals surface area contributed by atoms with Crippen LogP contribution in [-0.4, -0.2) is 31.2 Å². The molecule has 0 N–H and O–H groups in total. The molecule has 0 unspecified atom stereocenters. The first-order chi connectivity index (χ1) is 14.7. The molecule has 3 aromatic heterocycles. The summed E-state index contributed by atoms with van der Waals surface area (Å²) in [6.45, 7) is 4.62. The Balaban J connectivity index is 1.82. The maximum Gasteiger partial charge on any atom is 0.265 e. The van der Waals surface area contributed by atoms with Gasteiger partial charge in [0.15, 0.2) is 11.3 Å². The van der Waals surface area contributed by atoms with Crippen molar-refractivity contribution in [3.8, 4) is 5.75 Å². The van der Waals surface area contributed by atoms with Crippen LogP contribution in [0.2, 0.25) is 0 Å². The minimum atomic E-state index is -0.150. The van der Waals surface area contributed by atoms with E-state index in [1.165, 1.54) is 4.57 Å². The minimum Gasteiger partial charge on any atom is -0.497 e. The summed E-state index contributed by atoms with van der Waals surface area (Å²) < 4.78 is 8.73. The first-order valence-electron chi connectivity index (χ1n) is 9.57. The number of benzene rings is 2. The second kappa shape index (κ2) is 7.11. The van der Waals surface area contributed by atoms with Crippen LogP contribution >= 0.6 is 0 Å². The van der Waals surface area contributed by atoms with Crippen LogP contribution in [0.4, 0.5) is 0 Å². The molecule has 0 radical (unpaired) electrons. The second-order valence-electron chi connectivity index (χ2n) is 7.01. The number of hydrogen-bond donors (Lipinski definition) is 0. The van der Waals surface area contributed by atoms with E-state index in [4.69, 9.17) is 14.7 Å². The average molecular weight is 397 g/mol. The Morgan fingerprint density at radius 2 is 1.77 bits per heavy atom. The Hall–Kier alpha value is -4.00. The van der Waals surface area contributed by atoms with E-state index in [0.29, 0.717) is 35.3 Å². The fraction of sp³-hybridized carbons (Fsp3) is 0.130. The molecule has 0 atom stereocenters. The topological polar surface area (TPSA) is 74.8 Å². The van der Waals surface area contributed by atoms with Crippen LogP contribution in [0, 0.1) is 0 Å². The van der Waals surface area contributed by atoms with Crippen LogP contribution in [0.25, 0.3) is 33.2 Å². The maximum absolute atomic E-state index is 13.2. The average Bonchev–Trinajstić information content (AvgIpc) is 3.08. The fourth-order valence-electron chi connectivity index (χ4n) is 3.67. The molecule has 0 saturated heterocycles. The monoisotopic (exact) mass is 397 g/mol. The van der Waals surface area contributed by atoms with Crippen LogP contribution in [0.5, 0.6) is 5.75 Å². The van der Waals surface area contributed by atoms with Crippen LogP contribution in [0.1, 0.15) is 5.56 Å². The molecular formula is C23H19N5O2. The quantitative estimate of drug-likeness (QED) is 0.424. The lowest BCUT2D eigenvalue weighted by Gasteiger charge is -2.08. The zero-order valence-corrected chi connectivity index (χ0v) is 16.4. The Kier molecular flexibility index (Phi) is 4.28. The van der Waals surface area contributed by atoms with Gasteiger partial charge < -0.3 is 9.30 Å². The van der Waals surface area contributed by atoms with Crippen molar-refractivity contribution < 1.29 is 4.74 Å². The van der Waals surface area contributed by atoms with Gasteiger partial charge in [-0.25, -0.2) is 15.0 Å². The minimum absolute atomic E-state index is 0.150. The summed E-state index contributed by atoms with van der Waals surface area (Å²) in [7, 11) is 1.64. The third-order valence-electron chi connectivity index (χ3n) is 5.14. The number of para-hydroxylation sites is 2. The molecule has 0 aliphatic rings. The number of rotatable bonds is 5. The zero-order chi connectivity index (χ0) is 20.7. The molecule has 0 bridgehead atoms. The number of methoxy groups -OCH3 is 1. The molecule has 0 saturated carbocycles. The number of ether oxygens (including phenoxy) is 1. The SMILES string of the molecule is C=CCn1cnc2c(c1=O)c1nc3ccccc3nc1n2Cc1ccc(OC)cc1. The van der Waals surface area contributed by atoms with Gasteiger partial charge in [-0.1, -0.05) is 30.3 Å². The first-order valence-corrected chi connectivity index (χ1v) is 9.57. The van der Waals surface area contributed by atoms with Crippen LogP contribution in [0.3, 0.4) is 0 Å². The van der Waals surface area contributed by atoms with E-state index >= 15 is 0 Å². The smallest absolute Gasteiger partial charge is 0.265 e. The zero-order valence-electron chi connectivity index (χ0n) is 16.4. The normalized spacial score (nSPS) is 11.4. The van der Waals surface area contributed by atoms with Crippen molar-refractivity contribution in [1.82, 2.24) is 24.1 Å². The van der Waals surface area contributed by atoms with Crippen molar-refractivity contribution >= 4 is 33.2 Å². The van der Waals surface area contributed by atoms with Gasteiger partial charge in [0.05, 0.1) is 24.7 Å². The summed E-state index contributed by atoms with van der Waals surface area (Å²) in [4.78, 5) is 27.4. The van der Waals surface area contributed by atoms with Gasteiger partial charge in [-0.15, -0.1) is 6.58 Å². The third-order valence-corrected chi connectivity index (χ3v) is 5.14. The number of nitrogens with zero attached hydrogens (tertiary/aromatic N) is 5. The van der Waals surface area contributed by atoms with Crippen LogP contribution < -0.4 is 10.3 Å². The highest BCUT2D eigenvalue weighted by atomic mass is 16.5. The number of fused-ring (bicyclic) bond motifs is 4. The molecule has 2 aromatic carbocycles. The predicted molar refractivity (Wildman–Crippen MR) is 117 cm³/mol. The van der Waals surface area contributed by atoms with Gasteiger partial charge in [0, 0.05) is 6.54 Å². The third kappa shape index (κ3) is 2.83. The van der Waals surface area contributed by atoms with E-state index in [1.807, 2.05) is 53.1 Å². The molecule has 0 spiro atoms. The van der Waals surface area contributed by atoms with Crippen molar-refractivity contribution in [1.29, 1.82) is 0 Å². The van der Waals surface area contributed by atoms with Gasteiger partial charge >= 0.3 is 0 Å². The van der Waals surface area contributed by atoms with Crippen molar-refractivity contribution in [2.75, 3.05) is 7.11 Å². The Morgan fingerprint density at radius 3 is 2.47 bits per heavy atom. The molecule has 5 rings (SSSR count). The Morgan fingerprint density at radius 1 is 1.03 bits per heavy atom. The molecule has 0 amide bonds. The summed E-state index contributed by atoms with van der Waals surface area (Å²) in [5, 5.41) is 0.473. The van der Waals surface area contributed by atoms with Crippen LogP contribution in [-0.2, 0) is 13.1 Å². The lowest BCUT2D eigenvalue weighted by molar-refractivity contribution is 0.414. The molecule has 3 heterocycles. The van der Waals surface area contributed by atoms with E-state index in [-0.39, 0.29) is 5.56 Å². The number of aromatic nitrogens is 5. The summed E-state index contributed by atoms with van der Waals surface area (Å²) >= 11 is 0. The van der Waals surface area contributed by atoms with Gasteiger partial charge in [-0.05, 0) is 29.8 Å². The van der Waals surface area contributed by atoms with Gasteiger partial charge in [0.25, 0.3) is 5.56 Å². The van der Waals surface area contributed by atoms with E-state index < -0.39 is 0 Å². The highest BCUT2D eigenvalue weighted by Gasteiger charge is 2.19. The Bertz CT molecular complexity index is 1470. The van der Waals surface area contributed by atoms with Gasteiger partial charge in [-0.3, -0.25) is 9.36 Å². The number of allylic oxidation sites excluding steroid dienone is 1. The van der Waals surface area contributed by atoms with Crippen molar-refractivity contribution in [2.24, 2.45) is 0 Å². The molecule has 0 fully saturated rings. The summed E-state index contributed by atoms with van der Waals surface area (Å²) in [6, 6.07) is 15.5. The largest absolute Gasteiger partial charge is 0.497 e. The summed E-state index contributed by atoms with van der Waals surface area (Å²) in [5.74, 6) is 0.789. The summed E-state index contributed by atoms with van der Waals surface area (Å²) in [5.41, 5.74) is 4.18. The lowest BCUT2D eigenvalue weighted by Crippen LogP contribution is -2.20. The molecule has 7 nitrogen and oxygen atoms in total. The first kappa shape index (κ1) is 18.1. The fourth-order valence-corrected chi connectivity index (χ4v) is 3.67. The van der Waals surface area contributed by atoms with Crippen molar-refractivity contribution in [2.45, 2.75) is 13.1 Å². The maximum atomic E-state index is 13.2. The summed E-state index contributed by atoms with van der Waals surface area (Å²) in [6.07, 6.45) is 3.22. The van der Waals surface area contributed by atoms with E-state index in [1.54, 1.807) is 19.5 Å². The van der Waals surface area contributed by atoms with Gasteiger partial charge in [0.1, 0.15) is 23.0 Å². The second-order valence-corrected chi connectivity index (χ2v) is 7.01. The highest BCUT2D eigenvalue weighted by Crippen LogP contribution is 2.26. The lowest BCUT2D eigenvalue weighted by atomic mass is 10.2. The highest BCUT2D eigenvalue weighted by molar-refractivity contribution is 6.04. The predicted octanol–water partition coefficient (Wildman–Crippen LogP) is 3.54. The van der Waals surface area contributed by atoms with Gasteiger partial charge in [-0.2, -0.15) is 0 Å². The molecule has 0 aliphatic heterocycles. The van der Waals surface area contributed by atoms with Gasteiger partial charge in [0.2, 0.25) is 0 Å². The molecule has 30 heavy (non-hydrogen) atoms. The molecule has 7 heteroatoms. The molecule has 5 aromatic rings. The van der Waals surface area contributed by atoms with Crippen LogP contribution in [0.15, 0.2) is 72.3 Å².